The van der Waals surface area contributed by atoms with Crippen molar-refractivity contribution in [1.29, 1.82) is 0 Å². The Labute approximate surface area is 111 Å². The van der Waals surface area contributed by atoms with E-state index in [-0.39, 0.29) is 17.3 Å². The van der Waals surface area contributed by atoms with E-state index in [4.69, 9.17) is 16.7 Å². The first-order valence-electron chi connectivity index (χ1n) is 5.18. The first kappa shape index (κ1) is 14.8. The number of hydrogen-bond acceptors (Lipinski definition) is 3. The van der Waals surface area contributed by atoms with Crippen molar-refractivity contribution in [2.75, 3.05) is 17.1 Å². The van der Waals surface area contributed by atoms with Gasteiger partial charge in [0.2, 0.25) is 10.0 Å². The Kier molecular flexibility index (Phi) is 4.59. The Bertz CT molecular complexity index is 544. The second-order valence-corrected chi connectivity index (χ2v) is 6.30. The number of anilines is 1. The number of aliphatic carboxylic acids is 1. The molecule has 1 unspecified atom stereocenters. The molecule has 0 fully saturated rings. The van der Waals surface area contributed by atoms with Gasteiger partial charge in [0.15, 0.2) is 0 Å². The van der Waals surface area contributed by atoms with Gasteiger partial charge < -0.3 is 5.11 Å². The van der Waals surface area contributed by atoms with Gasteiger partial charge in [0.1, 0.15) is 0 Å². The van der Waals surface area contributed by atoms with Crippen LogP contribution in [0.25, 0.3) is 0 Å². The van der Waals surface area contributed by atoms with E-state index in [1.807, 2.05) is 0 Å². The first-order valence-corrected chi connectivity index (χ1v) is 7.41. The smallest absolute Gasteiger partial charge is 0.308 e. The molecule has 1 N–H and O–H groups in total. The van der Waals surface area contributed by atoms with Crippen LogP contribution in [0.4, 0.5) is 5.69 Å². The van der Waals surface area contributed by atoms with Gasteiger partial charge in [-0.3, -0.25) is 9.10 Å². The van der Waals surface area contributed by atoms with Crippen molar-refractivity contribution in [3.63, 3.8) is 0 Å². The number of benzene rings is 1. The monoisotopic (exact) mass is 291 g/mol. The van der Waals surface area contributed by atoms with Gasteiger partial charge in [-0.2, -0.15) is 0 Å². The maximum atomic E-state index is 11.7. The van der Waals surface area contributed by atoms with Crippen LogP contribution < -0.4 is 4.31 Å². The van der Waals surface area contributed by atoms with Crippen LogP contribution in [-0.2, 0) is 14.8 Å². The molecule has 0 saturated carbocycles. The molecule has 1 aromatic rings. The number of rotatable bonds is 5. The van der Waals surface area contributed by atoms with Crippen LogP contribution in [0, 0.1) is 5.92 Å². The highest BCUT2D eigenvalue weighted by Crippen LogP contribution is 2.27. The lowest BCUT2D eigenvalue weighted by atomic mass is 10.2. The minimum absolute atomic E-state index is 0.155. The number of sulfonamides is 1. The Balaban J connectivity index is 3.16. The fraction of sp³-hybridized carbons (Fsp3) is 0.364. The number of nitrogens with zero attached hydrogens (tertiary/aromatic N) is 1. The molecule has 5 nitrogen and oxygen atoms in total. The molecule has 1 rings (SSSR count). The summed E-state index contributed by atoms with van der Waals surface area (Å²) in [5.74, 6) is -1.88. The zero-order valence-electron chi connectivity index (χ0n) is 10.00. The number of halogens is 1. The summed E-state index contributed by atoms with van der Waals surface area (Å²) in [6, 6.07) is 6.41. The van der Waals surface area contributed by atoms with Crippen LogP contribution in [0.15, 0.2) is 24.3 Å². The van der Waals surface area contributed by atoms with Crippen molar-refractivity contribution in [3.05, 3.63) is 29.3 Å². The lowest BCUT2D eigenvalue weighted by Gasteiger charge is -2.25. The molecule has 100 valence electrons. The molecule has 0 aliphatic rings. The predicted octanol–water partition coefficient (Wildman–Crippen LogP) is 1.83. The number of carbonyl (C=O) groups is 1. The average Bonchev–Trinajstić information content (AvgIpc) is 2.25. The fourth-order valence-electron chi connectivity index (χ4n) is 1.39. The summed E-state index contributed by atoms with van der Waals surface area (Å²) < 4.78 is 24.4. The molecular weight excluding hydrogens is 278 g/mol. The van der Waals surface area contributed by atoms with Gasteiger partial charge >= 0.3 is 5.97 Å². The van der Waals surface area contributed by atoms with E-state index in [1.165, 1.54) is 13.0 Å². The zero-order valence-corrected chi connectivity index (χ0v) is 11.6. The number of carboxylic acids is 1. The summed E-state index contributed by atoms with van der Waals surface area (Å²) >= 11 is 5.93. The summed E-state index contributed by atoms with van der Waals surface area (Å²) in [5, 5.41) is 9.12. The highest BCUT2D eigenvalue weighted by Gasteiger charge is 2.24. The summed E-state index contributed by atoms with van der Waals surface area (Å²) in [4.78, 5) is 10.8. The summed E-state index contributed by atoms with van der Waals surface area (Å²) in [7, 11) is -3.58. The maximum absolute atomic E-state index is 11.7. The Morgan fingerprint density at radius 3 is 2.44 bits per heavy atom. The van der Waals surface area contributed by atoms with Gasteiger partial charge in [0, 0.05) is 6.54 Å². The van der Waals surface area contributed by atoms with Crippen LogP contribution in [0.1, 0.15) is 6.92 Å². The minimum atomic E-state index is -3.58. The predicted molar refractivity (Wildman–Crippen MR) is 70.4 cm³/mol. The third-order valence-electron chi connectivity index (χ3n) is 2.38. The van der Waals surface area contributed by atoms with Gasteiger partial charge in [-0.25, -0.2) is 8.42 Å². The minimum Gasteiger partial charge on any atom is -0.481 e. The van der Waals surface area contributed by atoms with Gasteiger partial charge in [-0.05, 0) is 12.1 Å². The molecule has 0 aliphatic carbocycles. The molecule has 1 aromatic carbocycles. The molecule has 7 heteroatoms. The topological polar surface area (TPSA) is 74.7 Å². The fourth-order valence-corrected chi connectivity index (χ4v) is 2.69. The van der Waals surface area contributed by atoms with E-state index in [9.17, 15) is 13.2 Å². The molecule has 0 radical (unpaired) electrons. The average molecular weight is 292 g/mol. The van der Waals surface area contributed by atoms with Crippen LogP contribution in [0.2, 0.25) is 5.02 Å². The quantitative estimate of drug-likeness (QED) is 0.898. The van der Waals surface area contributed by atoms with Crippen molar-refractivity contribution >= 4 is 33.3 Å². The Morgan fingerprint density at radius 2 is 2.00 bits per heavy atom. The number of para-hydroxylation sites is 1. The lowest BCUT2D eigenvalue weighted by molar-refractivity contribution is -0.140. The molecular formula is C11H14ClNO4S. The third-order valence-corrected chi connectivity index (χ3v) is 3.85. The number of hydrogen-bond donors (Lipinski definition) is 1. The molecule has 18 heavy (non-hydrogen) atoms. The van der Waals surface area contributed by atoms with Crippen LogP contribution in [0.5, 0.6) is 0 Å². The van der Waals surface area contributed by atoms with E-state index in [1.54, 1.807) is 18.2 Å². The Morgan fingerprint density at radius 1 is 1.44 bits per heavy atom. The van der Waals surface area contributed by atoms with Crippen LogP contribution in [-0.4, -0.2) is 32.3 Å². The molecule has 0 saturated heterocycles. The van der Waals surface area contributed by atoms with Crippen molar-refractivity contribution < 1.29 is 18.3 Å². The van der Waals surface area contributed by atoms with Gasteiger partial charge in [-0.15, -0.1) is 0 Å². The van der Waals surface area contributed by atoms with Crippen molar-refractivity contribution in [3.8, 4) is 0 Å². The maximum Gasteiger partial charge on any atom is 0.308 e. The van der Waals surface area contributed by atoms with E-state index < -0.39 is 21.9 Å². The van der Waals surface area contributed by atoms with Crippen LogP contribution in [0.3, 0.4) is 0 Å². The SMILES string of the molecule is CC(CN(c1ccccc1Cl)S(C)(=O)=O)C(=O)O. The van der Waals surface area contributed by atoms with Gasteiger partial charge in [0.25, 0.3) is 0 Å². The van der Waals surface area contributed by atoms with Crippen molar-refractivity contribution in [2.24, 2.45) is 5.92 Å². The highest BCUT2D eigenvalue weighted by molar-refractivity contribution is 7.92. The molecule has 0 bridgehead atoms. The summed E-state index contributed by atoms with van der Waals surface area (Å²) in [5.41, 5.74) is 0.287. The van der Waals surface area contributed by atoms with Crippen molar-refractivity contribution in [2.45, 2.75) is 6.92 Å². The third kappa shape index (κ3) is 3.61. The van der Waals surface area contributed by atoms with E-state index >= 15 is 0 Å². The standard InChI is InChI=1S/C11H14ClNO4S/c1-8(11(14)15)7-13(18(2,16)17)10-6-4-3-5-9(10)12/h3-6,8H,7H2,1-2H3,(H,14,15). The lowest BCUT2D eigenvalue weighted by Crippen LogP contribution is -2.36. The van der Waals surface area contributed by atoms with E-state index in [0.29, 0.717) is 0 Å². The number of carboxylic acid groups (broad SMARTS) is 1. The summed E-state index contributed by atoms with van der Waals surface area (Å²) in [6.45, 7) is 1.29. The molecule has 1 atom stereocenters. The van der Waals surface area contributed by atoms with Crippen LogP contribution >= 0.6 is 11.6 Å². The highest BCUT2D eigenvalue weighted by atomic mass is 35.5. The largest absolute Gasteiger partial charge is 0.481 e. The second kappa shape index (κ2) is 5.58. The second-order valence-electron chi connectivity index (χ2n) is 3.98. The molecule has 0 aliphatic heterocycles. The van der Waals surface area contributed by atoms with E-state index in [0.717, 1.165) is 10.6 Å². The van der Waals surface area contributed by atoms with Crippen molar-refractivity contribution in [1.82, 2.24) is 0 Å². The molecule has 0 aromatic heterocycles. The van der Waals surface area contributed by atoms with Gasteiger partial charge in [-0.1, -0.05) is 30.7 Å². The Hall–Kier alpha value is -1.27. The zero-order chi connectivity index (χ0) is 13.9. The van der Waals surface area contributed by atoms with E-state index in [2.05, 4.69) is 0 Å². The molecule has 0 spiro atoms. The molecule has 0 heterocycles. The first-order chi connectivity index (χ1) is 8.23. The summed E-state index contributed by atoms with van der Waals surface area (Å²) in [6.07, 6.45) is 1.02. The van der Waals surface area contributed by atoms with Gasteiger partial charge in [0.05, 0.1) is 22.9 Å². The normalized spacial score (nSPS) is 13.1. The molecule has 0 amide bonds.